The second-order valence-corrected chi connectivity index (χ2v) is 13.0. The van der Waals surface area contributed by atoms with E-state index in [1.807, 2.05) is 0 Å². The molecule has 4 unspecified atom stereocenters. The van der Waals surface area contributed by atoms with Crippen molar-refractivity contribution in [2.24, 2.45) is 0 Å². The van der Waals surface area contributed by atoms with Gasteiger partial charge in [-0.25, -0.2) is 0 Å². The summed E-state index contributed by atoms with van der Waals surface area (Å²) in [5.41, 5.74) is 0. The van der Waals surface area contributed by atoms with Gasteiger partial charge in [-0.1, -0.05) is 0 Å². The molecule has 0 radical (unpaired) electrons. The topological polar surface area (TPSA) is 0 Å². The van der Waals surface area contributed by atoms with Gasteiger partial charge in [0, 0.05) is 0 Å². The van der Waals surface area contributed by atoms with Gasteiger partial charge >= 0.3 is 127 Å². The van der Waals surface area contributed by atoms with Crippen molar-refractivity contribution >= 4 is 68.0 Å². The van der Waals surface area contributed by atoms with Gasteiger partial charge in [0.05, 0.1) is 0 Å². The van der Waals surface area contributed by atoms with Crippen molar-refractivity contribution in [3.05, 3.63) is 0 Å². The molecule has 0 bridgehead atoms. The van der Waals surface area contributed by atoms with Crippen LogP contribution < -0.4 is 0 Å². The molecule has 4 atom stereocenters. The Kier molecular flexibility index (Phi) is 5.41. The fourth-order valence-electron chi connectivity index (χ4n) is 1.81. The first kappa shape index (κ1) is 13.2. The van der Waals surface area contributed by atoms with E-state index in [1.54, 1.807) is 8.94 Å². The van der Waals surface area contributed by atoms with Crippen LogP contribution in [0.4, 0.5) is 0 Å². The summed E-state index contributed by atoms with van der Waals surface area (Å²) in [6.07, 6.45) is 1.54. The number of thioether (sulfide) groups is 4. The van der Waals surface area contributed by atoms with Gasteiger partial charge in [-0.3, -0.25) is 0 Å². The van der Waals surface area contributed by atoms with Crippen molar-refractivity contribution in [1.29, 1.82) is 0 Å². The van der Waals surface area contributed by atoms with Gasteiger partial charge in [0.15, 0.2) is 0 Å². The molecule has 3 fully saturated rings. The minimum atomic E-state index is 0.385. The van der Waals surface area contributed by atoms with Crippen LogP contribution in [-0.2, 0) is 0 Å². The summed E-state index contributed by atoms with van der Waals surface area (Å²) in [4.78, 5) is 0. The molecule has 0 saturated carbocycles. The van der Waals surface area contributed by atoms with Crippen LogP contribution in [0.5, 0.6) is 0 Å². The molecule has 0 aliphatic carbocycles. The first-order valence-electron chi connectivity index (χ1n) is 5.94. The Bertz CT molecular complexity index is 208. The number of rotatable bonds is 6. The predicted octanol–water partition coefficient (Wildman–Crippen LogP) is 3.37. The molecule has 0 amide bonds. The first-order chi connectivity index (χ1) is 7.90. The van der Waals surface area contributed by atoms with E-state index in [1.165, 1.54) is 29.4 Å². The summed E-state index contributed by atoms with van der Waals surface area (Å²) >= 11 is 9.34. The summed E-state index contributed by atoms with van der Waals surface area (Å²) in [6, 6.07) is 0. The van der Waals surface area contributed by atoms with E-state index in [0.29, 0.717) is 20.9 Å². The van der Waals surface area contributed by atoms with E-state index in [0.717, 1.165) is 21.0 Å². The summed E-state index contributed by atoms with van der Waals surface area (Å²) in [7, 11) is 0. The molecule has 0 aromatic heterocycles. The van der Waals surface area contributed by atoms with Crippen molar-refractivity contribution in [2.75, 3.05) is 23.0 Å². The summed E-state index contributed by atoms with van der Waals surface area (Å²) < 4.78 is 3.25. The molecule has 0 aromatic carbocycles. The van der Waals surface area contributed by atoms with Gasteiger partial charge in [0.25, 0.3) is 0 Å². The molecule has 3 aliphatic rings. The van der Waals surface area contributed by atoms with E-state index < -0.39 is 0 Å². The van der Waals surface area contributed by atoms with E-state index >= 15 is 0 Å². The Morgan fingerprint density at radius 3 is 1.88 bits per heavy atom. The average Bonchev–Trinajstić information content (AvgIpc) is 3.17. The molecule has 3 rings (SSSR count). The standard InChI is InChI=1S/C11H18S4Te/c1-8(12-2-10-4-14-10)6-16-7-9(1)13-3-11-5-15-11/h8-11H,1-7H2. The predicted molar refractivity (Wildman–Crippen MR) is 85.0 cm³/mol. The van der Waals surface area contributed by atoms with Gasteiger partial charge in [0.2, 0.25) is 0 Å². The van der Waals surface area contributed by atoms with Crippen molar-refractivity contribution in [3.8, 4) is 0 Å². The molecule has 0 aromatic rings. The number of hydrogen-bond donors (Lipinski definition) is 0. The van der Waals surface area contributed by atoms with Crippen LogP contribution in [0, 0.1) is 0 Å². The van der Waals surface area contributed by atoms with Crippen LogP contribution in [-0.4, -0.2) is 64.9 Å². The van der Waals surface area contributed by atoms with Gasteiger partial charge in [0.1, 0.15) is 0 Å². The van der Waals surface area contributed by atoms with Crippen LogP contribution in [0.3, 0.4) is 0 Å². The third-order valence-corrected chi connectivity index (χ3v) is 13.1. The van der Waals surface area contributed by atoms with Gasteiger partial charge in [-0.05, 0) is 0 Å². The van der Waals surface area contributed by atoms with Crippen molar-refractivity contribution in [3.63, 3.8) is 0 Å². The quantitative estimate of drug-likeness (QED) is 0.490. The molecular weight excluding hydrogens is 388 g/mol. The minimum absolute atomic E-state index is 0.385. The van der Waals surface area contributed by atoms with Crippen LogP contribution in [0.1, 0.15) is 6.42 Å². The molecular formula is C11H18S4Te. The van der Waals surface area contributed by atoms with Crippen molar-refractivity contribution < 1.29 is 0 Å². The monoisotopic (exact) mass is 408 g/mol. The molecule has 3 heterocycles. The van der Waals surface area contributed by atoms with Crippen LogP contribution in [0.2, 0.25) is 8.94 Å². The van der Waals surface area contributed by atoms with E-state index in [4.69, 9.17) is 0 Å². The molecule has 3 aliphatic heterocycles. The Morgan fingerprint density at radius 1 is 0.938 bits per heavy atom. The SMILES string of the molecule is C1SC1CSC1C[Te]CC(SCC2CS2)C1. The maximum atomic E-state index is 2.31. The van der Waals surface area contributed by atoms with Crippen LogP contribution in [0.25, 0.3) is 0 Å². The van der Waals surface area contributed by atoms with Crippen LogP contribution >= 0.6 is 47.0 Å². The fourth-order valence-corrected chi connectivity index (χ4v) is 11.7. The fraction of sp³-hybridized carbons (Fsp3) is 1.00. The first-order valence-corrected chi connectivity index (χ1v) is 13.4. The van der Waals surface area contributed by atoms with E-state index in [2.05, 4.69) is 47.0 Å². The summed E-state index contributed by atoms with van der Waals surface area (Å²) in [5, 5.41) is 4.20. The van der Waals surface area contributed by atoms with Gasteiger partial charge in [-0.15, -0.1) is 0 Å². The normalized spacial score (nSPS) is 42.0. The Labute approximate surface area is 126 Å². The molecule has 0 N–H and O–H groups in total. The third-order valence-electron chi connectivity index (χ3n) is 2.97. The zero-order chi connectivity index (χ0) is 10.8. The Balaban J connectivity index is 1.34. The zero-order valence-electron chi connectivity index (χ0n) is 9.30. The molecule has 0 nitrogen and oxygen atoms in total. The molecule has 16 heavy (non-hydrogen) atoms. The number of hydrogen-bond acceptors (Lipinski definition) is 4. The summed E-state index contributed by atoms with van der Waals surface area (Å²) in [5.74, 6) is 5.82. The van der Waals surface area contributed by atoms with Gasteiger partial charge in [-0.2, -0.15) is 0 Å². The van der Waals surface area contributed by atoms with Crippen LogP contribution in [0.15, 0.2) is 0 Å². The third kappa shape index (κ3) is 4.70. The van der Waals surface area contributed by atoms with E-state index in [9.17, 15) is 0 Å². The average molecular weight is 406 g/mol. The molecule has 3 saturated heterocycles. The second kappa shape index (κ2) is 6.57. The second-order valence-electron chi connectivity index (χ2n) is 4.59. The van der Waals surface area contributed by atoms with E-state index in [-0.39, 0.29) is 0 Å². The molecule has 5 heteroatoms. The summed E-state index contributed by atoms with van der Waals surface area (Å²) in [6.45, 7) is 0. The zero-order valence-corrected chi connectivity index (χ0v) is 14.9. The maximum absolute atomic E-state index is 2.31. The molecule has 0 spiro atoms. The Hall–Kier alpha value is 2.19. The Morgan fingerprint density at radius 2 is 1.44 bits per heavy atom. The molecule has 92 valence electrons. The van der Waals surface area contributed by atoms with Crippen molar-refractivity contribution in [1.82, 2.24) is 0 Å². The van der Waals surface area contributed by atoms with Gasteiger partial charge < -0.3 is 0 Å². The van der Waals surface area contributed by atoms with Crippen molar-refractivity contribution in [2.45, 2.75) is 36.4 Å².